The van der Waals surface area contributed by atoms with E-state index in [-0.39, 0.29) is 22.0 Å². The normalized spacial score (nSPS) is 21.7. The van der Waals surface area contributed by atoms with E-state index in [9.17, 15) is 15.0 Å². The number of ketones is 1. The first-order chi connectivity index (χ1) is 8.31. The van der Waals surface area contributed by atoms with Crippen molar-refractivity contribution in [2.24, 2.45) is 4.99 Å². The average molecular weight is 265 g/mol. The number of nitrogens with zero attached hydrogens (tertiary/aromatic N) is 1. The molecule has 0 bridgehead atoms. The van der Waals surface area contributed by atoms with Crippen LogP contribution in [0, 0.1) is 0 Å². The van der Waals surface area contributed by atoms with Gasteiger partial charge in [-0.15, -0.1) is 0 Å². The Labute approximate surface area is 110 Å². The third-order valence-electron chi connectivity index (χ3n) is 2.86. The summed E-state index contributed by atoms with van der Waals surface area (Å²) < 4.78 is -0.314. The second kappa shape index (κ2) is 4.31. The molecule has 5 heteroatoms. The molecule has 0 aromatic heterocycles. The molecule has 96 valence electrons. The van der Waals surface area contributed by atoms with Crippen LogP contribution in [0.4, 0.5) is 0 Å². The number of aromatic hydroxyl groups is 2. The fourth-order valence-electron chi connectivity index (χ4n) is 2.01. The fraction of sp³-hybridized carbons (Fsp3) is 0.385. The topological polar surface area (TPSA) is 69.9 Å². The van der Waals surface area contributed by atoms with E-state index in [1.807, 2.05) is 13.8 Å². The zero-order valence-corrected chi connectivity index (χ0v) is 11.3. The molecule has 1 heterocycles. The van der Waals surface area contributed by atoms with Crippen molar-refractivity contribution < 1.29 is 15.0 Å². The molecule has 1 aliphatic rings. The van der Waals surface area contributed by atoms with Gasteiger partial charge < -0.3 is 10.2 Å². The number of hydrogen-bond acceptors (Lipinski definition) is 5. The van der Waals surface area contributed by atoms with Crippen LogP contribution < -0.4 is 0 Å². The fourth-order valence-corrected chi connectivity index (χ4v) is 3.28. The van der Waals surface area contributed by atoms with E-state index >= 15 is 0 Å². The van der Waals surface area contributed by atoms with Crippen molar-refractivity contribution in [1.29, 1.82) is 0 Å². The molecule has 4 nitrogen and oxygen atoms in total. The van der Waals surface area contributed by atoms with E-state index in [0.717, 1.165) is 0 Å². The molecule has 2 rings (SSSR count). The van der Waals surface area contributed by atoms with Gasteiger partial charge in [0.15, 0.2) is 5.78 Å². The van der Waals surface area contributed by atoms with Crippen molar-refractivity contribution in [3.05, 3.63) is 23.8 Å². The van der Waals surface area contributed by atoms with Gasteiger partial charge in [0.05, 0.1) is 0 Å². The number of phenolic OH excluding ortho intramolecular Hbond substituents is 2. The van der Waals surface area contributed by atoms with Crippen LogP contribution in [0.2, 0.25) is 0 Å². The Morgan fingerprint density at radius 2 is 2.06 bits per heavy atom. The maximum Gasteiger partial charge on any atom is 0.155 e. The molecule has 0 unspecified atom stereocenters. The number of Topliss-reactive ketones (excluding diaryl/α,β-unsaturated/α-hetero) is 1. The molecular formula is C13H15NO3S. The first-order valence-electron chi connectivity index (χ1n) is 5.61. The van der Waals surface area contributed by atoms with Crippen LogP contribution in [0.25, 0.3) is 0 Å². The lowest BCUT2D eigenvalue weighted by atomic mass is 10.0. The van der Waals surface area contributed by atoms with Gasteiger partial charge in [0, 0.05) is 16.4 Å². The van der Waals surface area contributed by atoms with Crippen molar-refractivity contribution >= 4 is 22.6 Å². The molecule has 0 amide bonds. The Bertz CT molecular complexity index is 537. The summed E-state index contributed by atoms with van der Waals surface area (Å²) in [4.78, 5) is 15.9. The number of aliphatic imine (C=N–C) groups is 1. The van der Waals surface area contributed by atoms with E-state index in [1.54, 1.807) is 6.07 Å². The van der Waals surface area contributed by atoms with Crippen molar-refractivity contribution in [1.82, 2.24) is 0 Å². The van der Waals surface area contributed by atoms with Gasteiger partial charge in [-0.3, -0.25) is 9.79 Å². The Morgan fingerprint density at radius 1 is 1.39 bits per heavy atom. The second-order valence-electron chi connectivity index (χ2n) is 4.85. The molecule has 1 aliphatic heterocycles. The monoisotopic (exact) mass is 265 g/mol. The van der Waals surface area contributed by atoms with E-state index in [1.165, 1.54) is 30.8 Å². The molecule has 0 aliphatic carbocycles. The van der Waals surface area contributed by atoms with E-state index < -0.39 is 6.04 Å². The molecule has 0 spiro atoms. The van der Waals surface area contributed by atoms with Crippen molar-refractivity contribution in [2.45, 2.75) is 31.6 Å². The lowest BCUT2D eigenvalue weighted by Crippen LogP contribution is -2.33. The number of phenols is 2. The highest BCUT2D eigenvalue weighted by Crippen LogP contribution is 2.42. The lowest BCUT2D eigenvalue weighted by Gasteiger charge is -2.21. The predicted octanol–water partition coefficient (Wildman–Crippen LogP) is 2.33. The summed E-state index contributed by atoms with van der Waals surface area (Å²) >= 11 is 1.46. The Hall–Kier alpha value is -1.49. The molecule has 0 fully saturated rings. The minimum absolute atomic E-state index is 0.00206. The van der Waals surface area contributed by atoms with E-state index in [0.29, 0.717) is 10.6 Å². The summed E-state index contributed by atoms with van der Waals surface area (Å²) in [5.41, 5.74) is 0.551. The number of carbonyl (C=O) groups is 1. The quantitative estimate of drug-likeness (QED) is 0.861. The zero-order chi connectivity index (χ0) is 13.5. The highest BCUT2D eigenvalue weighted by atomic mass is 32.2. The van der Waals surface area contributed by atoms with Gasteiger partial charge in [0.2, 0.25) is 0 Å². The molecule has 0 saturated carbocycles. The molecule has 1 atom stereocenters. The van der Waals surface area contributed by atoms with Crippen LogP contribution in [0.1, 0.15) is 26.3 Å². The van der Waals surface area contributed by atoms with E-state index in [4.69, 9.17) is 0 Å². The number of thioether (sulfide) groups is 1. The second-order valence-corrected chi connectivity index (χ2v) is 6.50. The van der Waals surface area contributed by atoms with Crippen LogP contribution in [-0.4, -0.2) is 31.8 Å². The van der Waals surface area contributed by atoms with Crippen LogP contribution in [0.3, 0.4) is 0 Å². The summed E-state index contributed by atoms with van der Waals surface area (Å²) in [7, 11) is 0. The van der Waals surface area contributed by atoms with Crippen molar-refractivity contribution in [3.8, 4) is 11.5 Å². The standard InChI is InChI=1S/C13H15NO3S/c1-7(15)11-13(2,3)18-12(14-11)9-5-4-8(16)6-10(9)17/h4-6,11,16-17H,1-3H3/t11-/m0/s1. The smallest absolute Gasteiger partial charge is 0.155 e. The first kappa shape index (κ1) is 13.0. The number of benzene rings is 1. The number of hydrogen-bond donors (Lipinski definition) is 2. The zero-order valence-electron chi connectivity index (χ0n) is 10.5. The van der Waals surface area contributed by atoms with Crippen LogP contribution in [0.15, 0.2) is 23.2 Å². The largest absolute Gasteiger partial charge is 0.508 e. The highest BCUT2D eigenvalue weighted by Gasteiger charge is 2.41. The summed E-state index contributed by atoms with van der Waals surface area (Å²) in [5, 5.41) is 19.7. The van der Waals surface area contributed by atoms with Crippen LogP contribution in [0.5, 0.6) is 11.5 Å². The molecule has 1 aromatic rings. The van der Waals surface area contributed by atoms with Gasteiger partial charge in [0.1, 0.15) is 22.6 Å². The third-order valence-corrected chi connectivity index (χ3v) is 4.13. The minimum Gasteiger partial charge on any atom is -0.508 e. The summed E-state index contributed by atoms with van der Waals surface area (Å²) in [6.07, 6.45) is 0. The average Bonchev–Trinajstić information content (AvgIpc) is 2.54. The Kier molecular flexibility index (Phi) is 3.11. The van der Waals surface area contributed by atoms with Gasteiger partial charge in [0.25, 0.3) is 0 Å². The Morgan fingerprint density at radius 3 is 2.56 bits per heavy atom. The van der Waals surface area contributed by atoms with Gasteiger partial charge in [-0.05, 0) is 32.9 Å². The summed E-state index contributed by atoms with van der Waals surface area (Å²) in [6.45, 7) is 5.44. The van der Waals surface area contributed by atoms with Gasteiger partial charge in [-0.25, -0.2) is 0 Å². The first-order valence-corrected chi connectivity index (χ1v) is 6.42. The highest BCUT2D eigenvalue weighted by molar-refractivity contribution is 8.16. The summed E-state index contributed by atoms with van der Waals surface area (Å²) in [6, 6.07) is 3.97. The molecule has 1 aromatic carbocycles. The Balaban J connectivity index is 2.41. The van der Waals surface area contributed by atoms with Crippen LogP contribution >= 0.6 is 11.8 Å². The van der Waals surface area contributed by atoms with Crippen LogP contribution in [-0.2, 0) is 4.79 Å². The maximum atomic E-state index is 11.6. The van der Waals surface area contributed by atoms with E-state index in [2.05, 4.69) is 4.99 Å². The minimum atomic E-state index is -0.397. The molecule has 0 saturated heterocycles. The van der Waals surface area contributed by atoms with Gasteiger partial charge in [-0.2, -0.15) is 0 Å². The maximum absolute atomic E-state index is 11.6. The van der Waals surface area contributed by atoms with Gasteiger partial charge >= 0.3 is 0 Å². The molecule has 0 radical (unpaired) electrons. The van der Waals surface area contributed by atoms with Crippen molar-refractivity contribution in [2.75, 3.05) is 0 Å². The number of rotatable bonds is 2. The third kappa shape index (κ3) is 2.22. The van der Waals surface area contributed by atoms with Crippen molar-refractivity contribution in [3.63, 3.8) is 0 Å². The predicted molar refractivity (Wildman–Crippen MR) is 72.4 cm³/mol. The molecule has 2 N–H and O–H groups in total. The SMILES string of the molecule is CC(=O)[C@@H]1N=C(c2ccc(O)cc2O)SC1(C)C. The summed E-state index contributed by atoms with van der Waals surface area (Å²) in [5.74, 6) is -0.00996. The molecular weight excluding hydrogens is 250 g/mol. The number of carbonyl (C=O) groups excluding carboxylic acids is 1. The lowest BCUT2D eigenvalue weighted by molar-refractivity contribution is -0.118. The molecule has 18 heavy (non-hydrogen) atoms. The van der Waals surface area contributed by atoms with Gasteiger partial charge in [-0.1, -0.05) is 11.8 Å².